The predicted octanol–water partition coefficient (Wildman–Crippen LogP) is 3.70. The quantitative estimate of drug-likeness (QED) is 0.778. The van der Waals surface area contributed by atoms with Gasteiger partial charge in [-0.1, -0.05) is 13.0 Å². The van der Waals surface area contributed by atoms with E-state index in [1.54, 1.807) is 17.3 Å². The summed E-state index contributed by atoms with van der Waals surface area (Å²) in [7, 11) is 0. The van der Waals surface area contributed by atoms with E-state index < -0.39 is 0 Å². The van der Waals surface area contributed by atoms with Gasteiger partial charge in [0, 0.05) is 63.3 Å². The number of nitrogens with one attached hydrogen (secondary N) is 1. The van der Waals surface area contributed by atoms with Crippen molar-refractivity contribution in [2.24, 2.45) is 5.92 Å². The van der Waals surface area contributed by atoms with E-state index in [0.29, 0.717) is 13.1 Å². The van der Waals surface area contributed by atoms with Crippen molar-refractivity contribution in [1.82, 2.24) is 9.88 Å². The molecule has 1 fully saturated rings. The van der Waals surface area contributed by atoms with Crippen LogP contribution in [-0.2, 0) is 16.1 Å². The van der Waals surface area contributed by atoms with Crippen LogP contribution in [-0.4, -0.2) is 41.3 Å². The lowest BCUT2D eigenvalue weighted by molar-refractivity contribution is -0.129. The molecule has 0 aliphatic carbocycles. The molecule has 0 saturated carbocycles. The summed E-state index contributed by atoms with van der Waals surface area (Å²) >= 11 is 0. The predicted molar refractivity (Wildman–Crippen MR) is 116 cm³/mol. The number of piperidine rings is 1. The molecule has 0 unspecified atom stereocenters. The molecule has 3 rings (SSSR count). The maximum Gasteiger partial charge on any atom is 0.226 e. The van der Waals surface area contributed by atoms with E-state index in [4.69, 9.17) is 0 Å². The molecular formula is C23H30N4O2. The highest BCUT2D eigenvalue weighted by atomic mass is 16.2. The second kappa shape index (κ2) is 10.0. The monoisotopic (exact) mass is 394 g/mol. The Kier molecular flexibility index (Phi) is 7.22. The van der Waals surface area contributed by atoms with Gasteiger partial charge in [0.2, 0.25) is 11.8 Å². The smallest absolute Gasteiger partial charge is 0.226 e. The minimum absolute atomic E-state index is 0.0538. The third kappa shape index (κ3) is 6.31. The van der Waals surface area contributed by atoms with Crippen molar-refractivity contribution in [3.8, 4) is 0 Å². The first kappa shape index (κ1) is 20.8. The highest BCUT2D eigenvalue weighted by Gasteiger charge is 2.16. The summed E-state index contributed by atoms with van der Waals surface area (Å²) in [5.74, 6) is 0.654. The van der Waals surface area contributed by atoms with Crippen LogP contribution in [0.15, 0.2) is 48.8 Å². The summed E-state index contributed by atoms with van der Waals surface area (Å²) in [6.45, 7) is 6.84. The topological polar surface area (TPSA) is 65.5 Å². The standard InChI is InChI=1S/C23H30N4O2/c1-18-9-13-26(14-10-18)22-7-5-21(6-8-22)25-23(29)11-15-27(19(2)28)17-20-4-3-12-24-16-20/h3-8,12,16,18H,9-11,13-15,17H2,1-2H3,(H,25,29). The maximum absolute atomic E-state index is 12.3. The lowest BCUT2D eigenvalue weighted by Crippen LogP contribution is -2.32. The first-order chi connectivity index (χ1) is 14.0. The number of rotatable bonds is 7. The number of hydrogen-bond donors (Lipinski definition) is 1. The van der Waals surface area contributed by atoms with Crippen molar-refractivity contribution in [3.63, 3.8) is 0 Å². The molecule has 1 saturated heterocycles. The van der Waals surface area contributed by atoms with E-state index in [-0.39, 0.29) is 18.2 Å². The fraction of sp³-hybridized carbons (Fsp3) is 0.435. The zero-order valence-corrected chi connectivity index (χ0v) is 17.3. The molecule has 1 aliphatic heterocycles. The SMILES string of the molecule is CC(=O)N(CCC(=O)Nc1ccc(N2CCC(C)CC2)cc1)Cc1cccnc1. The van der Waals surface area contributed by atoms with Gasteiger partial charge in [0.25, 0.3) is 0 Å². The molecule has 2 heterocycles. The maximum atomic E-state index is 12.3. The van der Waals surface area contributed by atoms with Crippen LogP contribution in [0.5, 0.6) is 0 Å². The summed E-state index contributed by atoms with van der Waals surface area (Å²) < 4.78 is 0. The number of aromatic nitrogens is 1. The molecule has 0 spiro atoms. The average Bonchev–Trinajstić information content (AvgIpc) is 2.73. The van der Waals surface area contributed by atoms with E-state index in [9.17, 15) is 9.59 Å². The minimum atomic E-state index is -0.0954. The van der Waals surface area contributed by atoms with Crippen molar-refractivity contribution in [2.75, 3.05) is 29.9 Å². The number of benzene rings is 1. The van der Waals surface area contributed by atoms with E-state index in [2.05, 4.69) is 34.3 Å². The van der Waals surface area contributed by atoms with Gasteiger partial charge >= 0.3 is 0 Å². The molecule has 1 aromatic carbocycles. The number of anilines is 2. The lowest BCUT2D eigenvalue weighted by Gasteiger charge is -2.32. The van der Waals surface area contributed by atoms with Crippen LogP contribution >= 0.6 is 0 Å². The lowest BCUT2D eigenvalue weighted by atomic mass is 9.99. The van der Waals surface area contributed by atoms with Crippen molar-refractivity contribution in [3.05, 3.63) is 54.4 Å². The molecule has 154 valence electrons. The zero-order chi connectivity index (χ0) is 20.6. The third-order valence-electron chi connectivity index (χ3n) is 5.45. The fourth-order valence-corrected chi connectivity index (χ4v) is 3.54. The Labute approximate surface area is 172 Å². The van der Waals surface area contributed by atoms with Gasteiger partial charge in [-0.2, -0.15) is 0 Å². The van der Waals surface area contributed by atoms with Crippen LogP contribution in [0.25, 0.3) is 0 Å². The molecule has 6 nitrogen and oxygen atoms in total. The number of pyridine rings is 1. The molecule has 1 aromatic heterocycles. The number of carbonyl (C=O) groups is 2. The Hall–Kier alpha value is -2.89. The number of nitrogens with zero attached hydrogens (tertiary/aromatic N) is 3. The Morgan fingerprint density at radius 1 is 1.17 bits per heavy atom. The largest absolute Gasteiger partial charge is 0.372 e. The van der Waals surface area contributed by atoms with Crippen molar-refractivity contribution in [2.45, 2.75) is 39.7 Å². The second-order valence-electron chi connectivity index (χ2n) is 7.82. The second-order valence-corrected chi connectivity index (χ2v) is 7.82. The Morgan fingerprint density at radius 2 is 1.90 bits per heavy atom. The van der Waals surface area contributed by atoms with Crippen LogP contribution in [0.4, 0.5) is 11.4 Å². The molecule has 6 heteroatoms. The van der Waals surface area contributed by atoms with E-state index >= 15 is 0 Å². The average molecular weight is 395 g/mol. The van der Waals surface area contributed by atoms with E-state index in [0.717, 1.165) is 30.3 Å². The van der Waals surface area contributed by atoms with Gasteiger partial charge in [-0.15, -0.1) is 0 Å². The summed E-state index contributed by atoms with van der Waals surface area (Å²) in [6, 6.07) is 11.8. The van der Waals surface area contributed by atoms with Crippen LogP contribution in [0.1, 0.15) is 38.7 Å². The number of amides is 2. The Morgan fingerprint density at radius 3 is 2.52 bits per heavy atom. The molecule has 0 bridgehead atoms. The van der Waals surface area contributed by atoms with Crippen LogP contribution in [0, 0.1) is 5.92 Å². The molecule has 1 N–H and O–H groups in total. The van der Waals surface area contributed by atoms with Gasteiger partial charge in [0.15, 0.2) is 0 Å². The Balaban J connectivity index is 1.48. The van der Waals surface area contributed by atoms with Crippen LogP contribution < -0.4 is 10.2 Å². The zero-order valence-electron chi connectivity index (χ0n) is 17.3. The molecule has 2 aromatic rings. The van der Waals surface area contributed by atoms with E-state index in [1.807, 2.05) is 24.3 Å². The molecule has 0 radical (unpaired) electrons. The number of carbonyl (C=O) groups excluding carboxylic acids is 2. The molecule has 2 amide bonds. The van der Waals surface area contributed by atoms with Gasteiger partial charge in [0.05, 0.1) is 0 Å². The van der Waals surface area contributed by atoms with E-state index in [1.165, 1.54) is 25.5 Å². The normalized spacial score (nSPS) is 14.5. The third-order valence-corrected chi connectivity index (χ3v) is 5.45. The molecule has 1 aliphatic rings. The number of hydrogen-bond acceptors (Lipinski definition) is 4. The Bertz CT molecular complexity index is 799. The van der Waals surface area contributed by atoms with Crippen molar-refractivity contribution in [1.29, 1.82) is 0 Å². The van der Waals surface area contributed by atoms with Crippen molar-refractivity contribution < 1.29 is 9.59 Å². The first-order valence-corrected chi connectivity index (χ1v) is 10.3. The van der Waals surface area contributed by atoms with Crippen LogP contribution in [0.3, 0.4) is 0 Å². The highest BCUT2D eigenvalue weighted by Crippen LogP contribution is 2.24. The summed E-state index contributed by atoms with van der Waals surface area (Å²) in [6.07, 6.45) is 6.15. The first-order valence-electron chi connectivity index (χ1n) is 10.3. The summed E-state index contributed by atoms with van der Waals surface area (Å²) in [5, 5.41) is 2.93. The molecular weight excluding hydrogens is 364 g/mol. The van der Waals surface area contributed by atoms with Gasteiger partial charge in [-0.25, -0.2) is 0 Å². The summed E-state index contributed by atoms with van der Waals surface area (Å²) in [5.41, 5.74) is 2.94. The molecule has 29 heavy (non-hydrogen) atoms. The van der Waals surface area contributed by atoms with Gasteiger partial charge in [0.1, 0.15) is 0 Å². The fourth-order valence-electron chi connectivity index (χ4n) is 3.54. The summed E-state index contributed by atoms with van der Waals surface area (Å²) in [4.78, 5) is 32.4. The van der Waals surface area contributed by atoms with Crippen LogP contribution in [0.2, 0.25) is 0 Å². The minimum Gasteiger partial charge on any atom is -0.372 e. The molecule has 0 atom stereocenters. The van der Waals surface area contributed by atoms with Gasteiger partial charge in [-0.05, 0) is 54.7 Å². The van der Waals surface area contributed by atoms with Gasteiger partial charge < -0.3 is 15.1 Å². The van der Waals surface area contributed by atoms with Gasteiger partial charge in [-0.3, -0.25) is 14.6 Å². The van der Waals surface area contributed by atoms with Crippen molar-refractivity contribution >= 4 is 23.2 Å². The highest BCUT2D eigenvalue weighted by molar-refractivity contribution is 5.91.